The summed E-state index contributed by atoms with van der Waals surface area (Å²) < 4.78 is 1.05. The maximum atomic E-state index is 5.45. The minimum Gasteiger partial charge on any atom is -0.340 e. The topological polar surface area (TPSA) is 75.9 Å². The summed E-state index contributed by atoms with van der Waals surface area (Å²) in [6.07, 6.45) is 1.81. The van der Waals surface area contributed by atoms with Crippen LogP contribution in [0.3, 0.4) is 0 Å². The zero-order valence-electron chi connectivity index (χ0n) is 11.6. The molecule has 2 aromatic rings. The third-order valence-electron chi connectivity index (χ3n) is 2.85. The second-order valence-electron chi connectivity index (χ2n) is 4.53. The summed E-state index contributed by atoms with van der Waals surface area (Å²) in [4.78, 5) is 8.83. The highest BCUT2D eigenvalue weighted by Crippen LogP contribution is 2.24. The third-order valence-corrected chi connectivity index (χ3v) is 3.34. The predicted molar refractivity (Wildman–Crippen MR) is 86.0 cm³/mol. The second kappa shape index (κ2) is 6.67. The Morgan fingerprint density at radius 3 is 2.60 bits per heavy atom. The summed E-state index contributed by atoms with van der Waals surface area (Å²) in [6.45, 7) is 4.14. The first kappa shape index (κ1) is 14.7. The summed E-state index contributed by atoms with van der Waals surface area (Å²) in [5.74, 6) is 7.58. The van der Waals surface area contributed by atoms with Crippen molar-refractivity contribution in [3.05, 3.63) is 40.1 Å². The number of halogens is 1. The van der Waals surface area contributed by atoms with Gasteiger partial charge in [-0.2, -0.15) is 0 Å². The van der Waals surface area contributed by atoms with Crippen molar-refractivity contribution in [2.75, 3.05) is 10.7 Å². The lowest BCUT2D eigenvalue weighted by molar-refractivity contribution is 0.837. The Hall–Kier alpha value is -1.66. The largest absolute Gasteiger partial charge is 0.340 e. The molecule has 0 amide bonds. The molecule has 2 rings (SSSR count). The zero-order valence-corrected chi connectivity index (χ0v) is 13.2. The van der Waals surface area contributed by atoms with Gasteiger partial charge in [0.1, 0.15) is 17.5 Å². The number of hydrazine groups is 1. The molecular weight excluding hydrogens is 318 g/mol. The Bertz CT molecular complexity index is 600. The standard InChI is InChI=1S/C14H18BrN5/c1-3-4-12-18-13(8-14(19-12)20-16)17-11-6-5-10(15)7-9(11)2/h5-8H,3-4,16H2,1-2H3,(H2,17,18,19,20). The van der Waals surface area contributed by atoms with Gasteiger partial charge in [-0.3, -0.25) is 0 Å². The van der Waals surface area contributed by atoms with E-state index >= 15 is 0 Å². The molecule has 4 N–H and O–H groups in total. The van der Waals surface area contributed by atoms with Crippen molar-refractivity contribution >= 4 is 33.3 Å². The molecule has 0 atom stereocenters. The van der Waals surface area contributed by atoms with Gasteiger partial charge in [0.25, 0.3) is 0 Å². The van der Waals surface area contributed by atoms with Gasteiger partial charge in [-0.15, -0.1) is 0 Å². The maximum Gasteiger partial charge on any atom is 0.145 e. The number of nitrogens with two attached hydrogens (primary N) is 1. The predicted octanol–water partition coefficient (Wildman–Crippen LogP) is 3.53. The van der Waals surface area contributed by atoms with Crippen molar-refractivity contribution in [2.45, 2.75) is 26.7 Å². The van der Waals surface area contributed by atoms with E-state index in [1.54, 1.807) is 6.07 Å². The summed E-state index contributed by atoms with van der Waals surface area (Å²) >= 11 is 3.46. The van der Waals surface area contributed by atoms with Crippen molar-refractivity contribution in [1.29, 1.82) is 0 Å². The van der Waals surface area contributed by atoms with Crippen LogP contribution in [0.5, 0.6) is 0 Å². The van der Waals surface area contributed by atoms with Crippen molar-refractivity contribution in [3.8, 4) is 0 Å². The van der Waals surface area contributed by atoms with Crippen LogP contribution < -0.4 is 16.6 Å². The molecule has 6 heteroatoms. The first-order valence-electron chi connectivity index (χ1n) is 6.50. The number of hydrogen-bond donors (Lipinski definition) is 3. The fourth-order valence-electron chi connectivity index (χ4n) is 1.88. The Morgan fingerprint density at radius 2 is 1.95 bits per heavy atom. The van der Waals surface area contributed by atoms with Crippen LogP contribution in [0.1, 0.15) is 24.7 Å². The van der Waals surface area contributed by atoms with Crippen LogP contribution in [0.25, 0.3) is 0 Å². The van der Waals surface area contributed by atoms with E-state index in [1.165, 1.54) is 0 Å². The number of aromatic nitrogens is 2. The van der Waals surface area contributed by atoms with Crippen LogP contribution in [0, 0.1) is 6.92 Å². The van der Waals surface area contributed by atoms with Gasteiger partial charge in [-0.25, -0.2) is 15.8 Å². The van der Waals surface area contributed by atoms with Gasteiger partial charge in [0.15, 0.2) is 0 Å². The van der Waals surface area contributed by atoms with E-state index in [2.05, 4.69) is 49.6 Å². The van der Waals surface area contributed by atoms with Crippen molar-refractivity contribution in [2.24, 2.45) is 5.84 Å². The first-order chi connectivity index (χ1) is 9.62. The Balaban J connectivity index is 2.29. The molecule has 1 aromatic heterocycles. The molecule has 0 spiro atoms. The molecule has 1 heterocycles. The molecule has 5 nitrogen and oxygen atoms in total. The fourth-order valence-corrected chi connectivity index (χ4v) is 2.35. The van der Waals surface area contributed by atoms with Crippen molar-refractivity contribution in [1.82, 2.24) is 9.97 Å². The van der Waals surface area contributed by atoms with Gasteiger partial charge < -0.3 is 10.7 Å². The lowest BCUT2D eigenvalue weighted by atomic mass is 10.2. The van der Waals surface area contributed by atoms with Gasteiger partial charge >= 0.3 is 0 Å². The monoisotopic (exact) mass is 335 g/mol. The number of nitrogen functional groups attached to an aromatic ring is 1. The zero-order chi connectivity index (χ0) is 14.5. The molecule has 0 bridgehead atoms. The SMILES string of the molecule is CCCc1nc(NN)cc(Nc2ccc(Br)cc2C)n1. The van der Waals surface area contributed by atoms with Gasteiger partial charge in [0, 0.05) is 22.6 Å². The Kier molecular flexibility index (Phi) is 4.92. The average Bonchev–Trinajstić information content (AvgIpc) is 2.42. The van der Waals surface area contributed by atoms with Crippen molar-refractivity contribution < 1.29 is 0 Å². The second-order valence-corrected chi connectivity index (χ2v) is 5.45. The molecule has 106 valence electrons. The molecule has 0 saturated carbocycles. The summed E-state index contributed by atoms with van der Waals surface area (Å²) in [5.41, 5.74) is 4.72. The highest BCUT2D eigenvalue weighted by Gasteiger charge is 2.05. The fraction of sp³-hybridized carbons (Fsp3) is 0.286. The molecule has 0 aliphatic heterocycles. The smallest absolute Gasteiger partial charge is 0.145 e. The van der Waals surface area contributed by atoms with Crippen LogP contribution in [-0.2, 0) is 6.42 Å². The Morgan fingerprint density at radius 1 is 1.20 bits per heavy atom. The number of aryl methyl sites for hydroxylation is 2. The lowest BCUT2D eigenvalue weighted by Crippen LogP contribution is -2.11. The van der Waals surface area contributed by atoms with Crippen LogP contribution in [0.2, 0.25) is 0 Å². The van der Waals surface area contributed by atoms with E-state index in [-0.39, 0.29) is 0 Å². The van der Waals surface area contributed by atoms with E-state index in [4.69, 9.17) is 5.84 Å². The number of nitrogens with zero attached hydrogens (tertiary/aromatic N) is 2. The molecule has 0 unspecified atom stereocenters. The highest BCUT2D eigenvalue weighted by molar-refractivity contribution is 9.10. The molecule has 0 aliphatic carbocycles. The summed E-state index contributed by atoms with van der Waals surface area (Å²) in [6, 6.07) is 7.85. The number of hydrogen-bond acceptors (Lipinski definition) is 5. The lowest BCUT2D eigenvalue weighted by Gasteiger charge is -2.11. The summed E-state index contributed by atoms with van der Waals surface area (Å²) in [7, 11) is 0. The van der Waals surface area contributed by atoms with Crippen LogP contribution in [-0.4, -0.2) is 9.97 Å². The van der Waals surface area contributed by atoms with Crippen molar-refractivity contribution in [3.63, 3.8) is 0 Å². The van der Waals surface area contributed by atoms with E-state index in [9.17, 15) is 0 Å². The number of rotatable bonds is 5. The molecular formula is C14H18BrN5. The van der Waals surface area contributed by atoms with E-state index in [0.717, 1.165) is 40.2 Å². The van der Waals surface area contributed by atoms with Gasteiger partial charge in [-0.1, -0.05) is 22.9 Å². The average molecular weight is 336 g/mol. The van der Waals surface area contributed by atoms with Gasteiger partial charge in [0.2, 0.25) is 0 Å². The molecule has 0 saturated heterocycles. The first-order valence-corrected chi connectivity index (χ1v) is 7.29. The van der Waals surface area contributed by atoms with E-state index in [0.29, 0.717) is 5.82 Å². The van der Waals surface area contributed by atoms with Crippen LogP contribution >= 0.6 is 15.9 Å². The molecule has 0 aliphatic rings. The maximum absolute atomic E-state index is 5.45. The molecule has 1 aromatic carbocycles. The molecule has 0 radical (unpaired) electrons. The minimum atomic E-state index is 0.612. The normalized spacial score (nSPS) is 10.4. The van der Waals surface area contributed by atoms with Crippen LogP contribution in [0.15, 0.2) is 28.7 Å². The van der Waals surface area contributed by atoms with Gasteiger partial charge in [0.05, 0.1) is 0 Å². The van der Waals surface area contributed by atoms with E-state index in [1.807, 2.05) is 19.1 Å². The summed E-state index contributed by atoms with van der Waals surface area (Å²) in [5, 5.41) is 3.31. The number of benzene rings is 1. The molecule has 20 heavy (non-hydrogen) atoms. The third kappa shape index (κ3) is 3.68. The van der Waals surface area contributed by atoms with E-state index < -0.39 is 0 Å². The van der Waals surface area contributed by atoms with Gasteiger partial charge in [-0.05, 0) is 37.1 Å². The number of nitrogens with one attached hydrogen (secondary N) is 2. The molecule has 0 fully saturated rings. The van der Waals surface area contributed by atoms with Crippen LogP contribution in [0.4, 0.5) is 17.3 Å². The Labute approximate surface area is 127 Å². The minimum absolute atomic E-state index is 0.612. The highest BCUT2D eigenvalue weighted by atomic mass is 79.9. The quantitative estimate of drug-likeness (QED) is 0.575. The number of anilines is 3.